The van der Waals surface area contributed by atoms with Gasteiger partial charge >= 0.3 is 0 Å². The average molecular weight is 300 g/mol. The second-order valence-corrected chi connectivity index (χ2v) is 7.54. The number of hydrogen-bond donors (Lipinski definition) is 2. The summed E-state index contributed by atoms with van der Waals surface area (Å²) in [7, 11) is 0. The average Bonchev–Trinajstić information content (AvgIpc) is 2.36. The van der Waals surface area contributed by atoms with Crippen LogP contribution < -0.4 is 11.5 Å². The Bertz CT molecular complexity index is 315. The van der Waals surface area contributed by atoms with E-state index in [9.17, 15) is 4.39 Å². The second-order valence-electron chi connectivity index (χ2n) is 7.54. The van der Waals surface area contributed by atoms with Crippen LogP contribution in [0.25, 0.3) is 0 Å². The molecule has 2 fully saturated rings. The highest BCUT2D eigenvalue weighted by atomic mass is 19.1. The third-order valence-corrected chi connectivity index (χ3v) is 5.09. The van der Waals surface area contributed by atoms with Gasteiger partial charge in [-0.2, -0.15) is 0 Å². The van der Waals surface area contributed by atoms with Crippen molar-refractivity contribution in [1.82, 2.24) is 9.80 Å². The summed E-state index contributed by atoms with van der Waals surface area (Å²) < 4.78 is 13.7. The van der Waals surface area contributed by atoms with Crippen molar-refractivity contribution < 1.29 is 4.39 Å². The summed E-state index contributed by atoms with van der Waals surface area (Å²) in [4.78, 5) is 4.71. The standard InChI is InChI=1S/C16H33FN4/c1-11(2)20-7-13(5-15(18)9-20)4-12(3)21-8-14(17)6-16(19)10-21/h11-16H,4-10,18-19H2,1-3H3/t12?,13?,14-,15-,16-/m1/s1. The molecule has 2 aliphatic rings. The Labute approximate surface area is 129 Å². The lowest BCUT2D eigenvalue weighted by atomic mass is 9.88. The molecule has 0 saturated carbocycles. The molecule has 0 aromatic carbocycles. The third-order valence-electron chi connectivity index (χ3n) is 5.09. The van der Waals surface area contributed by atoms with E-state index < -0.39 is 6.17 Å². The summed E-state index contributed by atoms with van der Waals surface area (Å²) in [6.45, 7) is 10.2. The van der Waals surface area contributed by atoms with Gasteiger partial charge < -0.3 is 11.5 Å². The Kier molecular flexibility index (Phi) is 6.00. The number of rotatable bonds is 4. The van der Waals surface area contributed by atoms with Crippen molar-refractivity contribution in [3.63, 3.8) is 0 Å². The van der Waals surface area contributed by atoms with Crippen LogP contribution in [0.3, 0.4) is 0 Å². The fraction of sp³-hybridized carbons (Fsp3) is 1.00. The van der Waals surface area contributed by atoms with Crippen LogP contribution in [0.1, 0.15) is 40.0 Å². The maximum atomic E-state index is 13.7. The van der Waals surface area contributed by atoms with E-state index in [1.807, 2.05) is 0 Å². The zero-order valence-electron chi connectivity index (χ0n) is 13.8. The molecule has 21 heavy (non-hydrogen) atoms. The normalized spacial score (nSPS) is 37.9. The van der Waals surface area contributed by atoms with Gasteiger partial charge in [0.15, 0.2) is 0 Å². The number of alkyl halides is 1. The first kappa shape index (κ1) is 17.1. The smallest absolute Gasteiger partial charge is 0.114 e. The number of halogens is 1. The Hall–Kier alpha value is -0.230. The van der Waals surface area contributed by atoms with E-state index in [1.165, 1.54) is 0 Å². The number of piperidine rings is 2. The fourth-order valence-corrected chi connectivity index (χ4v) is 3.98. The van der Waals surface area contributed by atoms with E-state index in [2.05, 4.69) is 30.6 Å². The molecular weight excluding hydrogens is 267 g/mol. The van der Waals surface area contributed by atoms with Gasteiger partial charge in [-0.15, -0.1) is 0 Å². The van der Waals surface area contributed by atoms with Crippen molar-refractivity contribution in [3.05, 3.63) is 0 Å². The zero-order chi connectivity index (χ0) is 15.6. The highest BCUT2D eigenvalue weighted by Gasteiger charge is 2.32. The van der Waals surface area contributed by atoms with Crippen molar-refractivity contribution >= 4 is 0 Å². The lowest BCUT2D eigenvalue weighted by Crippen LogP contribution is -2.53. The monoisotopic (exact) mass is 300 g/mol. The zero-order valence-corrected chi connectivity index (χ0v) is 13.8. The predicted octanol–water partition coefficient (Wildman–Crippen LogP) is 1.19. The molecule has 2 rings (SSSR count). The van der Waals surface area contributed by atoms with E-state index in [1.54, 1.807) is 0 Å². The van der Waals surface area contributed by atoms with Gasteiger partial charge in [0.05, 0.1) is 0 Å². The molecule has 2 heterocycles. The van der Waals surface area contributed by atoms with E-state index in [-0.39, 0.29) is 12.1 Å². The molecule has 4 N–H and O–H groups in total. The molecular formula is C16H33FN4. The topological polar surface area (TPSA) is 58.5 Å². The fourth-order valence-electron chi connectivity index (χ4n) is 3.98. The molecule has 0 spiro atoms. The van der Waals surface area contributed by atoms with Gasteiger partial charge in [-0.05, 0) is 46.0 Å². The molecule has 2 aliphatic heterocycles. The van der Waals surface area contributed by atoms with Crippen LogP contribution in [-0.4, -0.2) is 66.3 Å². The molecule has 2 saturated heterocycles. The molecule has 0 aliphatic carbocycles. The quantitative estimate of drug-likeness (QED) is 0.819. The predicted molar refractivity (Wildman–Crippen MR) is 85.9 cm³/mol. The molecule has 2 unspecified atom stereocenters. The van der Waals surface area contributed by atoms with Gasteiger partial charge in [0, 0.05) is 50.3 Å². The highest BCUT2D eigenvalue weighted by molar-refractivity contribution is 4.88. The van der Waals surface area contributed by atoms with E-state index in [4.69, 9.17) is 11.5 Å². The first-order valence-electron chi connectivity index (χ1n) is 8.48. The molecule has 0 aromatic rings. The van der Waals surface area contributed by atoms with Crippen LogP contribution in [-0.2, 0) is 0 Å². The SMILES string of the molecule is CC(C)N1CC(CC(C)N2C[C@H](N)C[C@@H](F)C2)C[C@@H](N)C1. The van der Waals surface area contributed by atoms with E-state index in [0.29, 0.717) is 31.0 Å². The Balaban J connectivity index is 1.87. The van der Waals surface area contributed by atoms with Crippen molar-refractivity contribution in [2.45, 2.75) is 70.4 Å². The van der Waals surface area contributed by atoms with Gasteiger partial charge in [0.1, 0.15) is 6.17 Å². The van der Waals surface area contributed by atoms with Crippen molar-refractivity contribution in [3.8, 4) is 0 Å². The first-order chi connectivity index (χ1) is 9.85. The van der Waals surface area contributed by atoms with Crippen LogP contribution in [0, 0.1) is 5.92 Å². The molecule has 0 amide bonds. The first-order valence-corrected chi connectivity index (χ1v) is 8.48. The van der Waals surface area contributed by atoms with E-state index >= 15 is 0 Å². The third kappa shape index (κ3) is 4.88. The summed E-state index contributed by atoms with van der Waals surface area (Å²) in [5.41, 5.74) is 12.2. The molecule has 0 aromatic heterocycles. The second kappa shape index (κ2) is 7.36. The molecule has 124 valence electrons. The van der Waals surface area contributed by atoms with E-state index in [0.717, 1.165) is 32.5 Å². The van der Waals surface area contributed by atoms with Crippen LogP contribution in [0.4, 0.5) is 4.39 Å². The van der Waals surface area contributed by atoms with Gasteiger partial charge in [0.25, 0.3) is 0 Å². The molecule has 0 radical (unpaired) electrons. The van der Waals surface area contributed by atoms with Gasteiger partial charge in [-0.1, -0.05) is 0 Å². The van der Waals surface area contributed by atoms with Crippen LogP contribution in [0.2, 0.25) is 0 Å². The largest absolute Gasteiger partial charge is 0.327 e. The van der Waals surface area contributed by atoms with Gasteiger partial charge in [-0.25, -0.2) is 4.39 Å². The van der Waals surface area contributed by atoms with Crippen molar-refractivity contribution in [2.24, 2.45) is 17.4 Å². The summed E-state index contributed by atoms with van der Waals surface area (Å²) in [6, 6.07) is 1.19. The lowest BCUT2D eigenvalue weighted by molar-refractivity contribution is 0.0618. The van der Waals surface area contributed by atoms with Crippen LogP contribution >= 0.6 is 0 Å². The summed E-state index contributed by atoms with van der Waals surface area (Å²) in [6.07, 6.45) is 1.93. The molecule has 5 atom stereocenters. The number of nitrogens with two attached hydrogens (primary N) is 2. The molecule has 4 nitrogen and oxygen atoms in total. The number of nitrogens with zero attached hydrogens (tertiary/aromatic N) is 2. The Morgan fingerprint density at radius 3 is 2.19 bits per heavy atom. The minimum absolute atomic E-state index is 0.0167. The maximum Gasteiger partial charge on any atom is 0.114 e. The molecule has 5 heteroatoms. The van der Waals surface area contributed by atoms with Crippen molar-refractivity contribution in [2.75, 3.05) is 26.2 Å². The Morgan fingerprint density at radius 1 is 0.952 bits per heavy atom. The minimum atomic E-state index is -0.767. The van der Waals surface area contributed by atoms with Crippen LogP contribution in [0.5, 0.6) is 0 Å². The summed E-state index contributed by atoms with van der Waals surface area (Å²) >= 11 is 0. The lowest BCUT2D eigenvalue weighted by Gasteiger charge is -2.42. The number of hydrogen-bond acceptors (Lipinski definition) is 4. The van der Waals surface area contributed by atoms with Gasteiger partial charge in [-0.3, -0.25) is 9.80 Å². The highest BCUT2D eigenvalue weighted by Crippen LogP contribution is 2.25. The van der Waals surface area contributed by atoms with Crippen LogP contribution in [0.15, 0.2) is 0 Å². The maximum absolute atomic E-state index is 13.7. The Morgan fingerprint density at radius 2 is 1.57 bits per heavy atom. The molecule has 0 bridgehead atoms. The summed E-state index contributed by atoms with van der Waals surface area (Å²) in [5.74, 6) is 0.613. The van der Waals surface area contributed by atoms with Gasteiger partial charge in [0.2, 0.25) is 0 Å². The summed E-state index contributed by atoms with van der Waals surface area (Å²) in [5, 5.41) is 0. The number of likely N-dealkylation sites (tertiary alicyclic amines) is 2. The minimum Gasteiger partial charge on any atom is -0.327 e. The van der Waals surface area contributed by atoms with Crippen molar-refractivity contribution in [1.29, 1.82) is 0 Å².